The summed E-state index contributed by atoms with van der Waals surface area (Å²) in [5.41, 5.74) is 0. The van der Waals surface area contributed by atoms with Gasteiger partial charge in [0.1, 0.15) is 24.4 Å². The highest BCUT2D eigenvalue weighted by atomic mass is 31.2. The molecule has 0 saturated heterocycles. The first-order valence-corrected chi connectivity index (χ1v) is 6.83. The van der Waals surface area contributed by atoms with E-state index in [1.807, 2.05) is 0 Å². The third-order valence-corrected chi connectivity index (χ3v) is 2.56. The van der Waals surface area contributed by atoms with Gasteiger partial charge in [-0.3, -0.25) is 4.52 Å². The zero-order chi connectivity index (χ0) is 15.1. The fraction of sp³-hybridized carbons (Fsp3) is 0.778. The Morgan fingerprint density at radius 3 is 1.95 bits per heavy atom. The van der Waals surface area contributed by atoms with Gasteiger partial charge in [-0.2, -0.15) is 0 Å². The van der Waals surface area contributed by atoms with E-state index in [1.54, 1.807) is 0 Å². The first-order valence-electron chi connectivity index (χ1n) is 5.30. The Bertz CT molecular complexity index is 304. The molecule has 114 valence electrons. The highest BCUT2D eigenvalue weighted by molar-refractivity contribution is 7.46. The Labute approximate surface area is 110 Å². The minimum atomic E-state index is -4.79. The molecule has 0 aromatic carbocycles. The molecule has 0 aromatic heterocycles. The quantitative estimate of drug-likeness (QED) is 0.149. The molecule has 0 aliphatic carbocycles. The van der Waals surface area contributed by atoms with Gasteiger partial charge in [0, 0.05) is 0 Å². The SMILES string of the molecule is C=CCOCC(O)C(O)C(O)C(O)COP(=O)(O)O. The maximum absolute atomic E-state index is 10.4. The summed E-state index contributed by atoms with van der Waals surface area (Å²) in [7, 11) is -4.79. The summed E-state index contributed by atoms with van der Waals surface area (Å²) >= 11 is 0. The number of rotatable bonds is 10. The van der Waals surface area contributed by atoms with Gasteiger partial charge in [-0.15, -0.1) is 6.58 Å². The minimum absolute atomic E-state index is 0.129. The predicted octanol–water partition coefficient (Wildman–Crippen LogP) is -2.26. The number of phosphoric ester groups is 1. The molecule has 0 aromatic rings. The van der Waals surface area contributed by atoms with E-state index in [4.69, 9.17) is 14.5 Å². The Morgan fingerprint density at radius 2 is 1.53 bits per heavy atom. The topological polar surface area (TPSA) is 157 Å². The number of phosphoric acid groups is 1. The normalized spacial score (nSPS) is 18.6. The molecule has 9 nitrogen and oxygen atoms in total. The Kier molecular flexibility index (Phi) is 8.59. The molecular weight excluding hydrogens is 283 g/mol. The standard InChI is InChI=1S/C9H19O9P/c1-2-3-17-4-6(10)8(12)9(13)7(11)5-18-19(14,15)16/h2,6-13H,1,3-5H2,(H2,14,15,16). The van der Waals surface area contributed by atoms with Crippen LogP contribution in [-0.2, 0) is 13.8 Å². The summed E-state index contributed by atoms with van der Waals surface area (Å²) in [5, 5.41) is 37.7. The Morgan fingerprint density at radius 1 is 1.05 bits per heavy atom. The summed E-state index contributed by atoms with van der Waals surface area (Å²) in [5.74, 6) is 0. The molecule has 19 heavy (non-hydrogen) atoms. The van der Waals surface area contributed by atoms with Crippen molar-refractivity contribution in [3.8, 4) is 0 Å². The highest BCUT2D eigenvalue weighted by Gasteiger charge is 2.31. The first kappa shape index (κ1) is 18.7. The number of hydrogen-bond donors (Lipinski definition) is 6. The lowest BCUT2D eigenvalue weighted by Gasteiger charge is -2.26. The fourth-order valence-electron chi connectivity index (χ4n) is 1.10. The maximum atomic E-state index is 10.4. The van der Waals surface area contributed by atoms with Crippen molar-refractivity contribution in [2.75, 3.05) is 19.8 Å². The molecule has 0 fully saturated rings. The molecular formula is C9H19O9P. The maximum Gasteiger partial charge on any atom is 0.469 e. The minimum Gasteiger partial charge on any atom is -0.388 e. The van der Waals surface area contributed by atoms with Crippen LogP contribution >= 0.6 is 7.82 Å². The van der Waals surface area contributed by atoms with Crippen LogP contribution in [0.5, 0.6) is 0 Å². The van der Waals surface area contributed by atoms with Gasteiger partial charge in [0.25, 0.3) is 0 Å². The lowest BCUT2D eigenvalue weighted by Crippen LogP contribution is -2.47. The van der Waals surface area contributed by atoms with Crippen molar-refractivity contribution in [2.24, 2.45) is 0 Å². The molecule has 0 heterocycles. The van der Waals surface area contributed by atoms with E-state index in [2.05, 4.69) is 11.1 Å². The van der Waals surface area contributed by atoms with Crippen molar-refractivity contribution in [1.29, 1.82) is 0 Å². The van der Waals surface area contributed by atoms with Crippen LogP contribution in [0.25, 0.3) is 0 Å². The van der Waals surface area contributed by atoms with Crippen molar-refractivity contribution in [2.45, 2.75) is 24.4 Å². The zero-order valence-electron chi connectivity index (χ0n) is 10.1. The van der Waals surface area contributed by atoms with Gasteiger partial charge in [0.05, 0.1) is 19.8 Å². The molecule has 0 amide bonds. The third kappa shape index (κ3) is 8.43. The van der Waals surface area contributed by atoms with Gasteiger partial charge in [0.2, 0.25) is 0 Å². The lowest BCUT2D eigenvalue weighted by molar-refractivity contribution is -0.127. The van der Waals surface area contributed by atoms with Gasteiger partial charge >= 0.3 is 7.82 Å². The number of ether oxygens (including phenoxy) is 1. The molecule has 0 radical (unpaired) electrons. The number of hydrogen-bond acceptors (Lipinski definition) is 7. The molecule has 0 bridgehead atoms. The van der Waals surface area contributed by atoms with E-state index in [0.29, 0.717) is 0 Å². The van der Waals surface area contributed by atoms with E-state index < -0.39 is 38.8 Å². The van der Waals surface area contributed by atoms with Crippen LogP contribution in [0.4, 0.5) is 0 Å². The molecule has 0 aliphatic heterocycles. The van der Waals surface area contributed by atoms with E-state index in [1.165, 1.54) is 6.08 Å². The molecule has 0 aliphatic rings. The number of aliphatic hydroxyl groups is 4. The second kappa shape index (κ2) is 8.75. The van der Waals surface area contributed by atoms with Crippen molar-refractivity contribution < 1.29 is 44.0 Å². The fourth-order valence-corrected chi connectivity index (χ4v) is 1.44. The highest BCUT2D eigenvalue weighted by Crippen LogP contribution is 2.35. The van der Waals surface area contributed by atoms with E-state index in [0.717, 1.165) is 0 Å². The molecule has 0 saturated carbocycles. The summed E-state index contributed by atoms with van der Waals surface area (Å²) in [4.78, 5) is 16.8. The van der Waals surface area contributed by atoms with Crippen molar-refractivity contribution in [3.63, 3.8) is 0 Å². The van der Waals surface area contributed by atoms with Crippen LogP contribution in [0.1, 0.15) is 0 Å². The molecule has 0 spiro atoms. The predicted molar refractivity (Wildman–Crippen MR) is 63.0 cm³/mol. The van der Waals surface area contributed by atoms with Crippen LogP contribution in [0.3, 0.4) is 0 Å². The van der Waals surface area contributed by atoms with E-state index in [9.17, 15) is 25.0 Å². The summed E-state index contributed by atoms with van der Waals surface area (Å²) in [6.07, 6.45) is -5.47. The van der Waals surface area contributed by atoms with Crippen LogP contribution in [0, 0.1) is 0 Å². The molecule has 4 atom stereocenters. The van der Waals surface area contributed by atoms with Crippen LogP contribution in [-0.4, -0.2) is 74.4 Å². The van der Waals surface area contributed by atoms with Crippen LogP contribution in [0.2, 0.25) is 0 Å². The van der Waals surface area contributed by atoms with Gasteiger partial charge < -0.3 is 34.9 Å². The van der Waals surface area contributed by atoms with Crippen molar-refractivity contribution in [3.05, 3.63) is 12.7 Å². The van der Waals surface area contributed by atoms with E-state index >= 15 is 0 Å². The van der Waals surface area contributed by atoms with Crippen molar-refractivity contribution in [1.82, 2.24) is 0 Å². The third-order valence-electron chi connectivity index (χ3n) is 2.08. The smallest absolute Gasteiger partial charge is 0.388 e. The summed E-state index contributed by atoms with van der Waals surface area (Å²) in [6, 6.07) is 0. The van der Waals surface area contributed by atoms with Crippen LogP contribution < -0.4 is 0 Å². The second-order valence-electron chi connectivity index (χ2n) is 3.73. The number of aliphatic hydroxyl groups excluding tert-OH is 4. The zero-order valence-corrected chi connectivity index (χ0v) is 11.0. The first-order chi connectivity index (χ1) is 8.69. The summed E-state index contributed by atoms with van der Waals surface area (Å²) in [6.45, 7) is 2.28. The Hall–Kier alpha value is -0.350. The van der Waals surface area contributed by atoms with Crippen molar-refractivity contribution >= 4 is 7.82 Å². The van der Waals surface area contributed by atoms with Gasteiger partial charge in [-0.05, 0) is 0 Å². The molecule has 0 rings (SSSR count). The van der Waals surface area contributed by atoms with Gasteiger partial charge in [-0.25, -0.2) is 4.57 Å². The second-order valence-corrected chi connectivity index (χ2v) is 4.97. The average Bonchev–Trinajstić information content (AvgIpc) is 2.33. The average molecular weight is 302 g/mol. The molecule has 10 heteroatoms. The van der Waals surface area contributed by atoms with Gasteiger partial charge in [-0.1, -0.05) is 6.08 Å². The largest absolute Gasteiger partial charge is 0.469 e. The van der Waals surface area contributed by atoms with Gasteiger partial charge in [0.15, 0.2) is 0 Å². The molecule has 4 unspecified atom stereocenters. The van der Waals surface area contributed by atoms with E-state index in [-0.39, 0.29) is 13.2 Å². The van der Waals surface area contributed by atoms with Crippen LogP contribution in [0.15, 0.2) is 12.7 Å². The Balaban J connectivity index is 4.18. The molecule has 6 N–H and O–H groups in total. The monoisotopic (exact) mass is 302 g/mol. The summed E-state index contributed by atoms with van der Waals surface area (Å²) < 4.78 is 19.2. The lowest BCUT2D eigenvalue weighted by atomic mass is 10.0.